The standard InChI is InChI=1S/C60H94N12O10/c1-15-37(8)52(71(12)59(79)50(35(4)5)69-58(78)51(36(6)7)70(10)11)47(81-13)32-48(73)72-29-19-23-46(72)53(82-14)38(9)54(74)68-45(56(76)66-42-31-40-20-16-17-21-43(40)64-33-42)30-39-24-26-41(27-25-39)65-55(75)44(22-18-28-63-60(62)80)67-57(77)49(61)34(2)3/h16-17,20-21,24-27,31,33-38,44-47,49-53H,15,18-19,22-23,28-30,32,61H2,1-14H3,(H,65,75)(H,66,76)(H,67,77)(H,68,74)(H,69,78)(H3,62,63,80)/t37-,38+,44?,45?,46-,47+,49+,50?,51-,52?,53+/m0/s1. The van der Waals surface area contributed by atoms with E-state index in [0.717, 1.165) is 10.9 Å². The Bertz CT molecular complexity index is 2610. The number of anilines is 2. The molecule has 2 heterocycles. The van der Waals surface area contributed by atoms with Gasteiger partial charge in [0.05, 0.1) is 66.1 Å². The molecule has 4 rings (SSSR count). The maximum absolute atomic E-state index is 14.6. The summed E-state index contributed by atoms with van der Waals surface area (Å²) in [6.45, 7) is 17.6. The van der Waals surface area contributed by atoms with Gasteiger partial charge in [-0.1, -0.05) is 99.1 Å². The molecule has 22 heteroatoms. The molecule has 0 aliphatic carbocycles. The van der Waals surface area contributed by atoms with E-state index in [1.807, 2.05) is 84.8 Å². The molecule has 0 spiro atoms. The zero-order chi connectivity index (χ0) is 61.1. The molecule has 0 bridgehead atoms. The zero-order valence-corrected chi connectivity index (χ0v) is 50.7. The molecule has 454 valence electrons. The third-order valence-corrected chi connectivity index (χ3v) is 15.7. The van der Waals surface area contributed by atoms with Crippen LogP contribution in [0.3, 0.4) is 0 Å². The molecule has 10 N–H and O–H groups in total. The summed E-state index contributed by atoms with van der Waals surface area (Å²) < 4.78 is 12.2. The number of likely N-dealkylation sites (tertiary alicyclic amines) is 1. The first-order valence-corrected chi connectivity index (χ1v) is 28.8. The zero-order valence-electron chi connectivity index (χ0n) is 50.7. The molecule has 0 saturated carbocycles. The Hall–Kier alpha value is -6.75. The van der Waals surface area contributed by atoms with Gasteiger partial charge in [0.1, 0.15) is 18.1 Å². The van der Waals surface area contributed by atoms with Crippen LogP contribution < -0.4 is 43.4 Å². The molecule has 0 radical (unpaired) electrons. The number of pyridine rings is 1. The van der Waals surface area contributed by atoms with Crippen molar-refractivity contribution >= 4 is 69.7 Å². The summed E-state index contributed by atoms with van der Waals surface area (Å²) in [6, 6.07) is 9.94. The number of nitrogens with one attached hydrogen (secondary N) is 6. The van der Waals surface area contributed by atoms with Gasteiger partial charge in [0.2, 0.25) is 41.4 Å². The molecule has 1 aliphatic heterocycles. The van der Waals surface area contributed by atoms with Crippen LogP contribution in [0.2, 0.25) is 0 Å². The van der Waals surface area contributed by atoms with Gasteiger partial charge < -0.3 is 62.6 Å². The quantitative estimate of drug-likeness (QED) is 0.0415. The van der Waals surface area contributed by atoms with Gasteiger partial charge in [-0.15, -0.1) is 0 Å². The summed E-state index contributed by atoms with van der Waals surface area (Å²) in [5.74, 6) is -4.18. The smallest absolute Gasteiger partial charge is 0.312 e. The van der Waals surface area contributed by atoms with Gasteiger partial charge >= 0.3 is 6.03 Å². The van der Waals surface area contributed by atoms with Crippen LogP contribution in [0.1, 0.15) is 106 Å². The molecule has 1 aliphatic rings. The third-order valence-electron chi connectivity index (χ3n) is 15.7. The Morgan fingerprint density at radius 1 is 0.756 bits per heavy atom. The first-order valence-electron chi connectivity index (χ1n) is 28.8. The van der Waals surface area contributed by atoms with E-state index < -0.39 is 90.1 Å². The van der Waals surface area contributed by atoms with Crippen molar-refractivity contribution in [2.75, 3.05) is 59.1 Å². The molecular weight excluding hydrogens is 1050 g/mol. The second-order valence-electron chi connectivity index (χ2n) is 23.1. The average molecular weight is 1140 g/mol. The van der Waals surface area contributed by atoms with Crippen molar-refractivity contribution in [2.45, 2.75) is 162 Å². The summed E-state index contributed by atoms with van der Waals surface area (Å²) in [5, 5.41) is 17.8. The van der Waals surface area contributed by atoms with Crippen LogP contribution in [0.4, 0.5) is 16.2 Å². The van der Waals surface area contributed by atoms with E-state index >= 15 is 0 Å². The van der Waals surface area contributed by atoms with E-state index in [2.05, 4.69) is 36.9 Å². The Morgan fingerprint density at radius 3 is 1.98 bits per heavy atom. The number of nitrogens with two attached hydrogens (primary N) is 2. The molecule has 82 heavy (non-hydrogen) atoms. The Balaban J connectivity index is 1.56. The minimum atomic E-state index is -1.13. The largest absolute Gasteiger partial charge is 0.379 e. The van der Waals surface area contributed by atoms with E-state index in [-0.39, 0.29) is 67.2 Å². The van der Waals surface area contributed by atoms with Crippen LogP contribution in [0.15, 0.2) is 60.8 Å². The number of hydrogen-bond acceptors (Lipinski definition) is 13. The molecule has 22 nitrogen and oxygen atoms in total. The average Bonchev–Trinajstić information content (AvgIpc) is 3.99. The predicted molar refractivity (Wildman–Crippen MR) is 318 cm³/mol. The lowest BCUT2D eigenvalue weighted by molar-refractivity contribution is -0.148. The molecule has 9 amide bonds. The number of nitrogens with zero attached hydrogens (tertiary/aromatic N) is 4. The fourth-order valence-corrected chi connectivity index (χ4v) is 10.8. The highest BCUT2D eigenvalue weighted by molar-refractivity contribution is 6.00. The van der Waals surface area contributed by atoms with Crippen LogP contribution in [0.25, 0.3) is 10.9 Å². The van der Waals surface area contributed by atoms with Crippen molar-refractivity contribution in [3.63, 3.8) is 0 Å². The van der Waals surface area contributed by atoms with Crippen molar-refractivity contribution in [1.29, 1.82) is 0 Å². The van der Waals surface area contributed by atoms with E-state index in [9.17, 15) is 38.4 Å². The van der Waals surface area contributed by atoms with Gasteiger partial charge in [0.25, 0.3) is 0 Å². The number of carbonyl (C=O) groups excluding carboxylic acids is 8. The molecule has 1 saturated heterocycles. The number of likely N-dealkylation sites (N-methyl/N-ethyl adjacent to an activating group) is 2. The van der Waals surface area contributed by atoms with Gasteiger partial charge in [-0.3, -0.25) is 43.4 Å². The summed E-state index contributed by atoms with van der Waals surface area (Å²) in [4.78, 5) is 119. The van der Waals surface area contributed by atoms with Gasteiger partial charge in [-0.25, -0.2) is 4.79 Å². The molecule has 11 atom stereocenters. The Kier molecular flexibility index (Phi) is 26.6. The lowest BCUT2D eigenvalue weighted by atomic mass is 9.89. The fraction of sp³-hybridized carbons (Fsp3) is 0.617. The minimum absolute atomic E-state index is 0.00189. The third kappa shape index (κ3) is 18.9. The van der Waals surface area contributed by atoms with Crippen LogP contribution in [0, 0.1) is 29.6 Å². The second kappa shape index (κ2) is 32.2. The highest BCUT2D eigenvalue weighted by Gasteiger charge is 2.44. The Labute approximate surface area is 485 Å². The van der Waals surface area contributed by atoms with Crippen LogP contribution >= 0.6 is 0 Å². The van der Waals surface area contributed by atoms with Gasteiger partial charge in [0, 0.05) is 51.9 Å². The second-order valence-corrected chi connectivity index (χ2v) is 23.1. The monoisotopic (exact) mass is 1140 g/mol. The lowest BCUT2D eigenvalue weighted by Crippen LogP contribution is -2.59. The maximum atomic E-state index is 14.6. The number of urea groups is 1. The van der Waals surface area contributed by atoms with E-state index in [4.69, 9.17) is 20.9 Å². The molecule has 3 aromatic rings. The topological polar surface area (TPSA) is 302 Å². The van der Waals surface area contributed by atoms with E-state index in [0.29, 0.717) is 49.2 Å². The van der Waals surface area contributed by atoms with Gasteiger partial charge in [-0.05, 0) is 93.3 Å². The van der Waals surface area contributed by atoms with Crippen molar-refractivity contribution in [3.8, 4) is 0 Å². The number of para-hydroxylation sites is 1. The highest BCUT2D eigenvalue weighted by atomic mass is 16.5. The van der Waals surface area contributed by atoms with Crippen molar-refractivity contribution in [2.24, 2.45) is 41.1 Å². The van der Waals surface area contributed by atoms with Crippen molar-refractivity contribution in [1.82, 2.24) is 41.0 Å². The predicted octanol–water partition coefficient (Wildman–Crippen LogP) is 4.40. The first kappa shape index (κ1) is 67.8. The molecule has 2 aromatic carbocycles. The van der Waals surface area contributed by atoms with Crippen molar-refractivity contribution in [3.05, 3.63) is 66.4 Å². The number of amides is 9. The maximum Gasteiger partial charge on any atom is 0.312 e. The number of methoxy groups -OCH3 is 2. The summed E-state index contributed by atoms with van der Waals surface area (Å²) in [5.41, 5.74) is 13.5. The number of ether oxygens (including phenoxy) is 2. The first-order chi connectivity index (χ1) is 38.7. The SMILES string of the molecule is CC[C@H](C)C([C@@H](CC(=O)N1CCC[C@H]1[C@H](OC)[C@@H](C)C(=O)NC(Cc1ccc(NC(=O)C(CCCNC(N)=O)NC(=O)[C@H](N)C(C)C)cc1)C(=O)Nc1cnc2ccccc2c1)OC)N(C)C(=O)C(NC(=O)[C@H](C(C)C)N(C)C)C(C)C. The lowest BCUT2D eigenvalue weighted by Gasteiger charge is -2.41. The number of fused-ring (bicyclic) bond motifs is 1. The van der Waals surface area contributed by atoms with E-state index in [1.165, 1.54) is 14.2 Å². The number of hydrogen-bond donors (Lipinski definition) is 8. The number of carbonyl (C=O) groups is 8. The minimum Gasteiger partial charge on any atom is -0.379 e. The van der Waals surface area contributed by atoms with E-state index in [1.54, 1.807) is 74.1 Å². The number of benzene rings is 2. The summed E-state index contributed by atoms with van der Waals surface area (Å²) >= 11 is 0. The molecule has 1 fully saturated rings. The number of primary amides is 1. The van der Waals surface area contributed by atoms with Crippen LogP contribution in [0.5, 0.6) is 0 Å². The van der Waals surface area contributed by atoms with Crippen molar-refractivity contribution < 1.29 is 47.8 Å². The number of rotatable bonds is 31. The summed E-state index contributed by atoms with van der Waals surface area (Å²) in [6.07, 6.45) is 2.35. The summed E-state index contributed by atoms with van der Waals surface area (Å²) in [7, 11) is 8.40. The normalized spacial score (nSPS) is 17.2. The van der Waals surface area contributed by atoms with Gasteiger partial charge in [-0.2, -0.15) is 0 Å². The number of aromatic nitrogens is 1. The Morgan fingerprint density at radius 2 is 1.39 bits per heavy atom. The fourth-order valence-electron chi connectivity index (χ4n) is 10.8. The van der Waals surface area contributed by atoms with Crippen LogP contribution in [-0.2, 0) is 49.5 Å². The molecule has 4 unspecified atom stereocenters. The highest BCUT2D eigenvalue weighted by Crippen LogP contribution is 2.30. The van der Waals surface area contributed by atoms with Gasteiger partial charge in [0.15, 0.2) is 0 Å². The molecular formula is C60H94N12O10. The molecule has 1 aromatic heterocycles. The van der Waals surface area contributed by atoms with Crippen LogP contribution in [-0.4, -0.2) is 170 Å².